The minimum Gasteiger partial charge on any atom is -0.142 e. The van der Waals surface area contributed by atoms with Gasteiger partial charge in [-0.25, -0.2) is 0 Å². The molecule has 132 valence electrons. The van der Waals surface area contributed by atoms with Gasteiger partial charge in [-0.2, -0.15) is 0 Å². The van der Waals surface area contributed by atoms with E-state index in [-0.39, 0.29) is 0 Å². The van der Waals surface area contributed by atoms with E-state index >= 15 is 0 Å². The first-order chi connectivity index (χ1) is 12.6. The highest BCUT2D eigenvalue weighted by molar-refractivity contribution is 8.00. The zero-order chi connectivity index (χ0) is 18.5. The molecular weight excluding hydrogens is 372 g/mol. The predicted octanol–water partition coefficient (Wildman–Crippen LogP) is 7.65. The fourth-order valence-electron chi connectivity index (χ4n) is 2.66. The van der Waals surface area contributed by atoms with E-state index < -0.39 is 0 Å². The van der Waals surface area contributed by atoms with E-state index in [1.165, 1.54) is 15.4 Å². The summed E-state index contributed by atoms with van der Waals surface area (Å²) in [6, 6.07) is 27.3. The number of benzene rings is 3. The summed E-state index contributed by atoms with van der Waals surface area (Å²) in [5.74, 6) is 0.464. The minimum atomic E-state index is 0.464. The van der Waals surface area contributed by atoms with E-state index in [4.69, 9.17) is 25.3 Å². The highest BCUT2D eigenvalue weighted by Gasteiger charge is 2.13. The van der Waals surface area contributed by atoms with E-state index in [1.807, 2.05) is 24.3 Å². The van der Waals surface area contributed by atoms with E-state index in [2.05, 4.69) is 68.4 Å². The van der Waals surface area contributed by atoms with Gasteiger partial charge in [0.25, 0.3) is 0 Å². The van der Waals surface area contributed by atoms with Gasteiger partial charge < -0.3 is 0 Å². The molecule has 0 aliphatic heterocycles. The van der Waals surface area contributed by atoms with Gasteiger partial charge in [-0.05, 0) is 41.3 Å². The van der Waals surface area contributed by atoms with Crippen LogP contribution in [0, 0.1) is 0 Å². The van der Waals surface area contributed by atoms with Crippen molar-refractivity contribution in [3.8, 4) is 0 Å². The summed E-state index contributed by atoms with van der Waals surface area (Å²) in [6.07, 6.45) is 0. The SMILES string of the molecule is CC(C)c1ccc(Sc2ccccc2)c(C(S)=C(S)c2ccccc2)c1. The molecule has 0 amide bonds. The molecule has 0 unspecified atom stereocenters. The fraction of sp³-hybridized carbons (Fsp3) is 0.130. The number of rotatable bonds is 5. The van der Waals surface area contributed by atoms with E-state index in [1.54, 1.807) is 11.8 Å². The smallest absolute Gasteiger partial charge is 0.0264 e. The van der Waals surface area contributed by atoms with E-state index in [9.17, 15) is 0 Å². The van der Waals surface area contributed by atoms with Crippen LogP contribution in [0.15, 0.2) is 88.7 Å². The molecule has 0 radical (unpaired) electrons. The van der Waals surface area contributed by atoms with Crippen molar-refractivity contribution in [3.05, 3.63) is 95.6 Å². The van der Waals surface area contributed by atoms with Crippen LogP contribution < -0.4 is 0 Å². The second kappa shape index (κ2) is 8.90. The summed E-state index contributed by atoms with van der Waals surface area (Å²) < 4.78 is 0. The zero-order valence-corrected chi connectivity index (χ0v) is 17.5. The lowest BCUT2D eigenvalue weighted by atomic mass is 10.00. The third kappa shape index (κ3) is 4.59. The maximum Gasteiger partial charge on any atom is 0.0264 e. The van der Waals surface area contributed by atoms with Crippen LogP contribution in [0.4, 0.5) is 0 Å². The summed E-state index contributed by atoms with van der Waals surface area (Å²) in [4.78, 5) is 4.20. The molecule has 0 heterocycles. The van der Waals surface area contributed by atoms with Crippen molar-refractivity contribution in [2.45, 2.75) is 29.6 Å². The Kier molecular flexibility index (Phi) is 6.58. The Morgan fingerprint density at radius 1 is 0.769 bits per heavy atom. The molecule has 0 spiro atoms. The molecule has 0 fully saturated rings. The van der Waals surface area contributed by atoms with Gasteiger partial charge in [0.05, 0.1) is 0 Å². The van der Waals surface area contributed by atoms with Gasteiger partial charge in [0, 0.05) is 25.2 Å². The molecule has 0 N–H and O–H groups in total. The van der Waals surface area contributed by atoms with Crippen molar-refractivity contribution >= 4 is 46.8 Å². The van der Waals surface area contributed by atoms with Crippen molar-refractivity contribution in [1.29, 1.82) is 0 Å². The van der Waals surface area contributed by atoms with Crippen LogP contribution in [0.25, 0.3) is 9.81 Å². The Morgan fingerprint density at radius 2 is 1.38 bits per heavy atom. The van der Waals surface area contributed by atoms with Gasteiger partial charge in [-0.1, -0.05) is 80.2 Å². The summed E-state index contributed by atoms with van der Waals surface area (Å²) in [7, 11) is 0. The van der Waals surface area contributed by atoms with Crippen molar-refractivity contribution in [3.63, 3.8) is 0 Å². The predicted molar refractivity (Wildman–Crippen MR) is 122 cm³/mol. The highest BCUT2D eigenvalue weighted by Crippen LogP contribution is 2.40. The van der Waals surface area contributed by atoms with Gasteiger partial charge in [0.1, 0.15) is 0 Å². The normalized spacial score (nSPS) is 12.2. The highest BCUT2D eigenvalue weighted by atomic mass is 32.2. The number of hydrogen-bond acceptors (Lipinski definition) is 3. The Hall–Kier alpha value is -1.55. The number of thiol groups is 2. The minimum absolute atomic E-state index is 0.464. The molecule has 3 rings (SSSR count). The molecule has 0 aromatic heterocycles. The molecule has 26 heavy (non-hydrogen) atoms. The molecule has 0 aliphatic rings. The third-order valence-corrected chi connectivity index (χ3v) is 6.37. The maximum atomic E-state index is 4.87. The Labute approximate surface area is 171 Å². The van der Waals surface area contributed by atoms with E-state index in [0.717, 1.165) is 20.9 Å². The average Bonchev–Trinajstić information content (AvgIpc) is 2.68. The lowest BCUT2D eigenvalue weighted by Gasteiger charge is -2.15. The number of hydrogen-bond donors (Lipinski definition) is 2. The van der Waals surface area contributed by atoms with Gasteiger partial charge in [-0.15, -0.1) is 25.3 Å². The molecule has 0 saturated carbocycles. The van der Waals surface area contributed by atoms with Crippen molar-refractivity contribution in [1.82, 2.24) is 0 Å². The summed E-state index contributed by atoms with van der Waals surface area (Å²) in [5.41, 5.74) is 3.51. The third-order valence-electron chi connectivity index (χ3n) is 4.17. The second-order valence-electron chi connectivity index (χ2n) is 6.39. The van der Waals surface area contributed by atoms with Crippen LogP contribution in [0.1, 0.15) is 36.5 Å². The largest absolute Gasteiger partial charge is 0.142 e. The van der Waals surface area contributed by atoms with Gasteiger partial charge in [0.2, 0.25) is 0 Å². The molecule has 0 nitrogen and oxygen atoms in total. The summed E-state index contributed by atoms with van der Waals surface area (Å²) in [6.45, 7) is 4.42. The maximum absolute atomic E-state index is 4.87. The van der Waals surface area contributed by atoms with Gasteiger partial charge in [0.15, 0.2) is 0 Å². The molecule has 0 saturated heterocycles. The average molecular weight is 395 g/mol. The first-order valence-electron chi connectivity index (χ1n) is 8.61. The van der Waals surface area contributed by atoms with Crippen LogP contribution in [-0.4, -0.2) is 0 Å². The Bertz CT molecular complexity index is 897. The van der Waals surface area contributed by atoms with Crippen LogP contribution in [-0.2, 0) is 0 Å². The first-order valence-corrected chi connectivity index (χ1v) is 10.3. The Morgan fingerprint density at radius 3 is 2.00 bits per heavy atom. The lowest BCUT2D eigenvalue weighted by Crippen LogP contribution is -1.93. The fourth-order valence-corrected chi connectivity index (χ4v) is 4.27. The monoisotopic (exact) mass is 394 g/mol. The van der Waals surface area contributed by atoms with Gasteiger partial charge in [-0.3, -0.25) is 0 Å². The van der Waals surface area contributed by atoms with E-state index in [0.29, 0.717) is 5.92 Å². The topological polar surface area (TPSA) is 0 Å². The van der Waals surface area contributed by atoms with Crippen LogP contribution in [0.2, 0.25) is 0 Å². The molecule has 3 heteroatoms. The second-order valence-corrected chi connectivity index (χ2v) is 8.40. The summed E-state index contributed by atoms with van der Waals surface area (Å²) >= 11 is 11.4. The molecule has 3 aromatic carbocycles. The lowest BCUT2D eigenvalue weighted by molar-refractivity contribution is 0.864. The summed E-state index contributed by atoms with van der Waals surface area (Å²) in [5, 5.41) is 0. The molecule has 0 atom stereocenters. The molecule has 0 aliphatic carbocycles. The molecule has 0 bridgehead atoms. The van der Waals surface area contributed by atoms with Crippen LogP contribution in [0.5, 0.6) is 0 Å². The molecule has 3 aromatic rings. The van der Waals surface area contributed by atoms with Gasteiger partial charge >= 0.3 is 0 Å². The van der Waals surface area contributed by atoms with Crippen molar-refractivity contribution in [2.75, 3.05) is 0 Å². The van der Waals surface area contributed by atoms with Crippen molar-refractivity contribution < 1.29 is 0 Å². The van der Waals surface area contributed by atoms with Crippen molar-refractivity contribution in [2.24, 2.45) is 0 Å². The quantitative estimate of drug-likeness (QED) is 0.331. The first kappa shape index (κ1) is 19.2. The standard InChI is InChI=1S/C23H22S3/c1-16(2)18-13-14-21(26-19-11-7-4-8-12-19)20(15-18)23(25)22(24)17-9-5-3-6-10-17/h3-16,24-25H,1-2H3. The molecular formula is C23H22S3. The Balaban J connectivity index is 2.09. The van der Waals surface area contributed by atoms with Crippen LogP contribution >= 0.6 is 37.0 Å². The van der Waals surface area contributed by atoms with Crippen LogP contribution in [0.3, 0.4) is 0 Å². The zero-order valence-electron chi connectivity index (χ0n) is 14.9.